The molecule has 1 fully saturated rings. The number of hydrogen-bond donors (Lipinski definition) is 15. The lowest BCUT2D eigenvalue weighted by atomic mass is 10.1. The summed E-state index contributed by atoms with van der Waals surface area (Å²) in [7, 11) is 0. The third-order valence-electron chi connectivity index (χ3n) is 11.6. The largest absolute Gasteiger partial charge is 0.481 e. The third-order valence-corrected chi connectivity index (χ3v) is 11.6. The van der Waals surface area contributed by atoms with Crippen LogP contribution in [0.2, 0.25) is 0 Å². The first-order chi connectivity index (χ1) is 34.8. The molecule has 1 aliphatic heterocycles. The molecule has 1 aromatic carbocycles. The number of carbonyl (C=O) groups is 10. The van der Waals surface area contributed by atoms with Crippen LogP contribution in [-0.4, -0.2) is 150 Å². The Bertz CT molecular complexity index is 1980. The Hall–Kier alpha value is -6.93. The highest BCUT2D eigenvalue weighted by molar-refractivity contribution is 5.97. The van der Waals surface area contributed by atoms with Crippen LogP contribution in [0.15, 0.2) is 35.3 Å². The number of unbranched alkanes of at least 4 members (excludes halogenated alkanes) is 6. The second-order valence-electron chi connectivity index (χ2n) is 17.8. The number of rotatable bonds is 37. The van der Waals surface area contributed by atoms with Crippen molar-refractivity contribution in [2.45, 2.75) is 159 Å². The molecule has 18 N–H and O–H groups in total. The number of benzene rings is 1. The molecule has 7 atom stereocenters. The molecule has 0 spiro atoms. The monoisotopic (exact) mass is 1030 g/mol. The summed E-state index contributed by atoms with van der Waals surface area (Å²) in [6, 6.07) is -0.310. The molecule has 0 radical (unpaired) electrons. The molecular formula is C47H78N14O12. The van der Waals surface area contributed by atoms with Crippen LogP contribution in [0.1, 0.15) is 116 Å². The Morgan fingerprint density at radius 1 is 0.685 bits per heavy atom. The topological polar surface area (TPSA) is 422 Å². The van der Waals surface area contributed by atoms with E-state index in [1.807, 2.05) is 0 Å². The average Bonchev–Trinajstić information content (AvgIpc) is 3.90. The second kappa shape index (κ2) is 35.2. The smallest absolute Gasteiger partial charge is 0.326 e. The van der Waals surface area contributed by atoms with Gasteiger partial charge >= 0.3 is 11.9 Å². The molecule has 2 rings (SSSR count). The van der Waals surface area contributed by atoms with Gasteiger partial charge in [-0.05, 0) is 76.9 Å². The first-order valence-electron chi connectivity index (χ1n) is 24.9. The van der Waals surface area contributed by atoms with Gasteiger partial charge in [0.25, 0.3) is 0 Å². The van der Waals surface area contributed by atoms with E-state index < -0.39 is 115 Å². The van der Waals surface area contributed by atoms with Crippen LogP contribution in [0.3, 0.4) is 0 Å². The van der Waals surface area contributed by atoms with Gasteiger partial charge in [-0.25, -0.2) is 10.2 Å². The van der Waals surface area contributed by atoms with Gasteiger partial charge in [0.1, 0.15) is 36.3 Å². The summed E-state index contributed by atoms with van der Waals surface area (Å²) in [5, 5.41) is 39.7. The van der Waals surface area contributed by atoms with Crippen LogP contribution < -0.4 is 70.6 Å². The zero-order chi connectivity index (χ0) is 54.1. The van der Waals surface area contributed by atoms with Gasteiger partial charge in [-0.3, -0.25) is 53.6 Å². The van der Waals surface area contributed by atoms with Gasteiger partial charge in [0, 0.05) is 19.5 Å². The number of aliphatic carboxylic acids is 2. The number of nitrogens with zero attached hydrogens (tertiary/aromatic N) is 1. The number of carboxylic acids is 2. The van der Waals surface area contributed by atoms with E-state index in [1.165, 1.54) is 6.92 Å². The lowest BCUT2D eigenvalue weighted by molar-refractivity contribution is -0.143. The predicted molar refractivity (Wildman–Crippen MR) is 268 cm³/mol. The quantitative estimate of drug-likeness (QED) is 0.0138. The highest BCUT2D eigenvalue weighted by Crippen LogP contribution is 2.09. The van der Waals surface area contributed by atoms with Crippen molar-refractivity contribution in [2.75, 3.05) is 32.7 Å². The Morgan fingerprint density at radius 2 is 1.32 bits per heavy atom. The predicted octanol–water partition coefficient (Wildman–Crippen LogP) is -2.86. The summed E-state index contributed by atoms with van der Waals surface area (Å²) in [5.74, 6) is -9.46. The third kappa shape index (κ3) is 26.4. The fraction of sp³-hybridized carbons (Fsp3) is 0.638. The van der Waals surface area contributed by atoms with Gasteiger partial charge in [-0.15, -0.1) is 0 Å². The van der Waals surface area contributed by atoms with Gasteiger partial charge in [0.15, 0.2) is 5.96 Å². The van der Waals surface area contributed by atoms with E-state index >= 15 is 0 Å². The molecular weight excluding hydrogens is 953 g/mol. The average molecular weight is 1030 g/mol. The van der Waals surface area contributed by atoms with Crippen molar-refractivity contribution in [1.82, 2.24) is 53.4 Å². The Labute approximate surface area is 425 Å². The van der Waals surface area contributed by atoms with Crippen molar-refractivity contribution >= 4 is 65.2 Å². The molecule has 0 aliphatic carbocycles. The number of amides is 8. The molecule has 0 saturated carbocycles. The molecule has 1 saturated heterocycles. The maximum absolute atomic E-state index is 13.9. The molecule has 8 amide bonds. The molecule has 26 heteroatoms. The zero-order valence-corrected chi connectivity index (χ0v) is 41.9. The van der Waals surface area contributed by atoms with E-state index in [0.717, 1.165) is 38.5 Å². The molecule has 1 aliphatic rings. The zero-order valence-electron chi connectivity index (χ0n) is 41.9. The van der Waals surface area contributed by atoms with E-state index in [4.69, 9.17) is 17.2 Å². The van der Waals surface area contributed by atoms with E-state index in [-0.39, 0.29) is 50.6 Å². The fourth-order valence-corrected chi connectivity index (χ4v) is 7.49. The van der Waals surface area contributed by atoms with Gasteiger partial charge in [-0.2, -0.15) is 0 Å². The van der Waals surface area contributed by atoms with E-state index in [9.17, 15) is 58.2 Å². The number of hydrazine groups is 1. The highest BCUT2D eigenvalue weighted by Gasteiger charge is 2.32. The molecule has 0 aromatic heterocycles. The summed E-state index contributed by atoms with van der Waals surface area (Å²) < 4.78 is 0. The first-order valence-corrected chi connectivity index (χ1v) is 24.9. The first kappa shape index (κ1) is 62.2. The molecule has 0 unspecified atom stereocenters. The van der Waals surface area contributed by atoms with Gasteiger partial charge in [0.05, 0.1) is 25.4 Å². The summed E-state index contributed by atoms with van der Waals surface area (Å²) in [5.41, 5.74) is 22.1. The Morgan fingerprint density at radius 3 is 1.96 bits per heavy atom. The van der Waals surface area contributed by atoms with E-state index in [1.54, 1.807) is 30.3 Å². The lowest BCUT2D eigenvalue weighted by Gasteiger charge is -2.25. The number of nitrogens with two attached hydrogens (primary N) is 3. The summed E-state index contributed by atoms with van der Waals surface area (Å²) >= 11 is 0. The van der Waals surface area contributed by atoms with Crippen LogP contribution in [0.5, 0.6) is 0 Å². The van der Waals surface area contributed by atoms with Crippen LogP contribution in [0.25, 0.3) is 0 Å². The maximum Gasteiger partial charge on any atom is 0.326 e. The van der Waals surface area contributed by atoms with Crippen molar-refractivity contribution in [3.63, 3.8) is 0 Å². The van der Waals surface area contributed by atoms with Crippen LogP contribution >= 0.6 is 0 Å². The molecule has 0 bridgehead atoms. The summed E-state index contributed by atoms with van der Waals surface area (Å²) in [6.07, 6.45) is 6.42. The molecule has 1 heterocycles. The molecule has 26 nitrogen and oxygen atoms in total. The Kier molecular flexibility index (Phi) is 30.0. The molecule has 73 heavy (non-hydrogen) atoms. The maximum atomic E-state index is 13.9. The molecule has 1 aromatic rings. The van der Waals surface area contributed by atoms with Crippen LogP contribution in [-0.2, 0) is 54.4 Å². The minimum absolute atomic E-state index is 0.0499. The van der Waals surface area contributed by atoms with Crippen LogP contribution in [0.4, 0.5) is 0 Å². The van der Waals surface area contributed by atoms with E-state index in [2.05, 4.69) is 65.3 Å². The minimum atomic E-state index is -1.74. The van der Waals surface area contributed by atoms with Crippen molar-refractivity contribution in [3.8, 4) is 0 Å². The summed E-state index contributed by atoms with van der Waals surface area (Å²) in [4.78, 5) is 134. The number of carbonyl (C=O) groups excluding carboxylic acids is 8. The van der Waals surface area contributed by atoms with Crippen molar-refractivity contribution in [3.05, 3.63) is 35.9 Å². The van der Waals surface area contributed by atoms with Gasteiger partial charge in [-0.1, -0.05) is 69.4 Å². The minimum Gasteiger partial charge on any atom is -0.481 e. The Balaban J connectivity index is 2.22. The number of carboxylic acid groups (broad SMARTS) is 2. The van der Waals surface area contributed by atoms with Gasteiger partial charge < -0.3 is 69.9 Å². The fourth-order valence-electron chi connectivity index (χ4n) is 7.49. The van der Waals surface area contributed by atoms with Gasteiger partial charge in [0.2, 0.25) is 47.3 Å². The van der Waals surface area contributed by atoms with Crippen LogP contribution in [0, 0.1) is 0 Å². The van der Waals surface area contributed by atoms with Crippen molar-refractivity contribution in [2.24, 2.45) is 22.2 Å². The van der Waals surface area contributed by atoms with Crippen molar-refractivity contribution in [1.29, 1.82) is 0 Å². The number of nitrogens with one attached hydrogen (secondary N) is 10. The SMILES string of the molecule is CCCCCCCCNC(=O)[C@H](CC(=O)NN[C@@H](CCCN=C(N)N)C(=O)NCC(=O)N[C@@H](CC(=O)O)C(=O)N[C@@H](Cc1ccccc1)C(=O)O)NC(=O)[C@H](CCCCN)NC(=O)[C@H](C)NC(=O)[C@@H]1CCCN1. The standard InChI is InChI=1S/C47H78N14O12/c1-3-4-5-6-7-13-22-52-42(68)34(58-44(70)32(18-11-12-21-48)57-40(66)29(2)55-43(69)31-19-14-23-51-31)26-37(62)61-60-33(20-15-24-53-47(49)50)41(67)54-28-38(63)56-35(27-39(64)65)45(71)59-36(46(72)73)25-30-16-9-8-10-17-30/h8-10,16-17,29,31-36,51,60H,3-7,11-15,18-28,48H2,1-2H3,(H,52,68)(H,54,67)(H,55,69)(H,56,63)(H,57,66)(H,58,70)(H,59,71)(H,61,62)(H,64,65)(H,72,73)(H4,49,50,53)/t29-,31-,32-,33-,34-,35-,36-/m0/s1. The lowest BCUT2D eigenvalue weighted by Crippen LogP contribution is -2.58. The van der Waals surface area contributed by atoms with E-state index in [0.29, 0.717) is 44.3 Å². The van der Waals surface area contributed by atoms with Crippen molar-refractivity contribution < 1.29 is 58.2 Å². The summed E-state index contributed by atoms with van der Waals surface area (Å²) in [6.45, 7) is 4.03. The number of guanidine groups is 1. The number of aliphatic imine (C=N–C) groups is 1. The highest BCUT2D eigenvalue weighted by atomic mass is 16.4. The second-order valence-corrected chi connectivity index (χ2v) is 17.8. The number of hydrogen-bond acceptors (Lipinski definition) is 14. The molecule has 408 valence electrons. The normalized spacial score (nSPS) is 15.4.